The topological polar surface area (TPSA) is 58.6 Å². The van der Waals surface area contributed by atoms with Gasteiger partial charge in [0.2, 0.25) is 0 Å². The van der Waals surface area contributed by atoms with Crippen molar-refractivity contribution in [2.45, 2.75) is 50.9 Å². The van der Waals surface area contributed by atoms with Gasteiger partial charge in [-0.25, -0.2) is 0 Å². The third-order valence-electron chi connectivity index (χ3n) is 5.50. The highest BCUT2D eigenvalue weighted by Crippen LogP contribution is 2.32. The van der Waals surface area contributed by atoms with Crippen LogP contribution >= 0.6 is 11.3 Å². The molecule has 1 heterocycles. The van der Waals surface area contributed by atoms with Gasteiger partial charge in [0.15, 0.2) is 5.78 Å². The summed E-state index contributed by atoms with van der Waals surface area (Å²) in [4.78, 5) is 15.2. The number of aliphatic hydroxyl groups is 1. The highest BCUT2D eigenvalue weighted by atomic mass is 32.1. The van der Waals surface area contributed by atoms with Crippen molar-refractivity contribution in [3.63, 3.8) is 0 Å². The van der Waals surface area contributed by atoms with Crippen LogP contribution in [0.15, 0.2) is 36.4 Å². The SMILES string of the molecule is Cc1cc2c(s1)CCC(CN[C@@H]1CC[C@@H](Oc3ccccc3)[C@@H]1O)C2=O. The Morgan fingerprint density at radius 2 is 2.04 bits per heavy atom. The minimum absolute atomic E-state index is 0.0118. The lowest BCUT2D eigenvalue weighted by Gasteiger charge is -2.25. The zero-order valence-electron chi connectivity index (χ0n) is 15.0. The van der Waals surface area contributed by atoms with E-state index in [1.165, 1.54) is 9.75 Å². The number of aryl methyl sites for hydroxylation is 2. The average Bonchev–Trinajstić information content (AvgIpc) is 3.19. The molecule has 1 fully saturated rings. The van der Waals surface area contributed by atoms with E-state index in [0.717, 1.165) is 37.0 Å². The second-order valence-corrected chi connectivity index (χ2v) is 8.69. The summed E-state index contributed by atoms with van der Waals surface area (Å²) < 4.78 is 5.92. The van der Waals surface area contributed by atoms with Crippen LogP contribution in [0.25, 0.3) is 0 Å². The number of hydrogen-bond acceptors (Lipinski definition) is 5. The number of Topliss-reactive ketones (excluding diaryl/α,β-unsaturated/α-hetero) is 1. The van der Waals surface area contributed by atoms with Crippen LogP contribution in [-0.4, -0.2) is 35.7 Å². The van der Waals surface area contributed by atoms with Crippen molar-refractivity contribution in [2.24, 2.45) is 5.92 Å². The number of thiophene rings is 1. The van der Waals surface area contributed by atoms with Gasteiger partial charge >= 0.3 is 0 Å². The van der Waals surface area contributed by atoms with Crippen molar-refractivity contribution in [1.82, 2.24) is 5.32 Å². The van der Waals surface area contributed by atoms with E-state index in [2.05, 4.69) is 12.2 Å². The fraction of sp³-hybridized carbons (Fsp3) is 0.476. The lowest BCUT2D eigenvalue weighted by Crippen LogP contribution is -2.44. The maximum Gasteiger partial charge on any atom is 0.168 e. The molecule has 0 amide bonds. The fourth-order valence-corrected chi connectivity index (χ4v) is 5.13. The van der Waals surface area contributed by atoms with Crippen molar-refractivity contribution in [3.8, 4) is 5.75 Å². The Kier molecular flexibility index (Phi) is 5.11. The van der Waals surface area contributed by atoms with Gasteiger partial charge < -0.3 is 15.2 Å². The second kappa shape index (κ2) is 7.51. The number of benzene rings is 1. The first kappa shape index (κ1) is 17.7. The van der Waals surface area contributed by atoms with Crippen LogP contribution in [0.4, 0.5) is 0 Å². The van der Waals surface area contributed by atoms with Gasteiger partial charge in [-0.3, -0.25) is 4.79 Å². The van der Waals surface area contributed by atoms with Crippen LogP contribution in [0.5, 0.6) is 5.75 Å². The smallest absolute Gasteiger partial charge is 0.168 e. The molecular formula is C21H25NO3S. The monoisotopic (exact) mass is 371 g/mol. The third-order valence-corrected chi connectivity index (χ3v) is 6.61. The van der Waals surface area contributed by atoms with E-state index >= 15 is 0 Å². The van der Waals surface area contributed by atoms with Crippen LogP contribution in [0, 0.1) is 12.8 Å². The number of rotatable bonds is 5. The van der Waals surface area contributed by atoms with E-state index in [1.807, 2.05) is 36.4 Å². The summed E-state index contributed by atoms with van der Waals surface area (Å²) in [6.45, 7) is 2.69. The molecule has 5 heteroatoms. The molecule has 26 heavy (non-hydrogen) atoms. The minimum Gasteiger partial charge on any atom is -0.488 e. The zero-order valence-corrected chi connectivity index (χ0v) is 15.8. The maximum atomic E-state index is 12.7. The molecule has 1 saturated carbocycles. The van der Waals surface area contributed by atoms with Crippen molar-refractivity contribution in [3.05, 3.63) is 51.7 Å². The molecule has 2 aliphatic carbocycles. The molecule has 4 rings (SSSR count). The van der Waals surface area contributed by atoms with Gasteiger partial charge in [0.25, 0.3) is 0 Å². The molecule has 2 aliphatic rings. The summed E-state index contributed by atoms with van der Waals surface area (Å²) in [6.07, 6.45) is 2.82. The molecule has 0 radical (unpaired) electrons. The van der Waals surface area contributed by atoms with Crippen molar-refractivity contribution in [1.29, 1.82) is 0 Å². The summed E-state index contributed by atoms with van der Waals surface area (Å²) in [5.74, 6) is 1.06. The molecule has 4 nitrogen and oxygen atoms in total. The van der Waals surface area contributed by atoms with E-state index in [9.17, 15) is 9.90 Å². The van der Waals surface area contributed by atoms with Crippen molar-refractivity contribution < 1.29 is 14.6 Å². The molecule has 1 aromatic heterocycles. The predicted molar refractivity (Wildman–Crippen MR) is 103 cm³/mol. The predicted octanol–water partition coefficient (Wildman–Crippen LogP) is 3.36. The van der Waals surface area contributed by atoms with Gasteiger partial charge in [0, 0.05) is 33.8 Å². The van der Waals surface area contributed by atoms with E-state index in [1.54, 1.807) is 11.3 Å². The molecule has 2 aromatic rings. The number of carbonyl (C=O) groups excluding carboxylic acids is 1. The molecule has 0 spiro atoms. The first-order chi connectivity index (χ1) is 12.6. The molecule has 0 bridgehead atoms. The summed E-state index contributed by atoms with van der Waals surface area (Å²) in [5.41, 5.74) is 0.919. The quantitative estimate of drug-likeness (QED) is 0.846. The Balaban J connectivity index is 1.32. The second-order valence-electron chi connectivity index (χ2n) is 7.35. The Morgan fingerprint density at radius 3 is 2.85 bits per heavy atom. The number of fused-ring (bicyclic) bond motifs is 1. The van der Waals surface area contributed by atoms with Gasteiger partial charge in [-0.1, -0.05) is 18.2 Å². The molecular weight excluding hydrogens is 346 g/mol. The standard InChI is InChI=1S/C21H25NO3S/c1-13-11-16-19(26-13)10-7-14(20(16)23)12-22-17-8-9-18(21(17)24)25-15-5-3-2-4-6-15/h2-6,11,14,17-18,21-22,24H,7-10,12H2,1H3/t14?,17-,18-,21-/m1/s1. The van der Waals surface area contributed by atoms with Gasteiger partial charge in [-0.05, 0) is 50.8 Å². The van der Waals surface area contributed by atoms with Crippen molar-refractivity contribution >= 4 is 17.1 Å². The lowest BCUT2D eigenvalue weighted by molar-refractivity contribution is 0.0442. The minimum atomic E-state index is -0.548. The Morgan fingerprint density at radius 1 is 1.23 bits per heavy atom. The van der Waals surface area contributed by atoms with Gasteiger partial charge in [0.1, 0.15) is 18.0 Å². The van der Waals surface area contributed by atoms with Crippen LogP contribution in [-0.2, 0) is 6.42 Å². The number of carbonyl (C=O) groups is 1. The maximum absolute atomic E-state index is 12.7. The van der Waals surface area contributed by atoms with Gasteiger partial charge in [-0.2, -0.15) is 0 Å². The van der Waals surface area contributed by atoms with E-state index in [4.69, 9.17) is 4.74 Å². The van der Waals surface area contributed by atoms with Gasteiger partial charge in [-0.15, -0.1) is 11.3 Å². The summed E-state index contributed by atoms with van der Waals surface area (Å²) >= 11 is 1.74. The van der Waals surface area contributed by atoms with Crippen LogP contribution in [0.2, 0.25) is 0 Å². The molecule has 138 valence electrons. The highest BCUT2D eigenvalue weighted by Gasteiger charge is 2.37. The zero-order chi connectivity index (χ0) is 18.1. The Hall–Kier alpha value is -1.69. The first-order valence-electron chi connectivity index (χ1n) is 9.38. The molecule has 4 atom stereocenters. The lowest BCUT2D eigenvalue weighted by atomic mass is 9.87. The van der Waals surface area contributed by atoms with Crippen molar-refractivity contribution in [2.75, 3.05) is 6.54 Å². The fourth-order valence-electron chi connectivity index (χ4n) is 4.07. The summed E-state index contributed by atoms with van der Waals surface area (Å²) in [6, 6.07) is 11.7. The van der Waals surface area contributed by atoms with E-state index in [-0.39, 0.29) is 23.8 Å². The molecule has 2 N–H and O–H groups in total. The van der Waals surface area contributed by atoms with Crippen LogP contribution in [0.1, 0.15) is 39.4 Å². The Bertz CT molecular complexity index is 773. The average molecular weight is 372 g/mol. The molecule has 0 aliphatic heterocycles. The number of para-hydroxylation sites is 1. The van der Waals surface area contributed by atoms with Crippen LogP contribution in [0.3, 0.4) is 0 Å². The largest absolute Gasteiger partial charge is 0.488 e. The third kappa shape index (κ3) is 3.56. The summed E-state index contributed by atoms with van der Waals surface area (Å²) in [5, 5.41) is 14.0. The Labute approximate surface area is 158 Å². The van der Waals surface area contributed by atoms with Gasteiger partial charge in [0.05, 0.1) is 0 Å². The number of nitrogens with one attached hydrogen (secondary N) is 1. The number of hydrogen-bond donors (Lipinski definition) is 2. The number of aliphatic hydroxyl groups excluding tert-OH is 1. The molecule has 1 aromatic carbocycles. The highest BCUT2D eigenvalue weighted by molar-refractivity contribution is 7.12. The van der Waals surface area contributed by atoms with E-state index < -0.39 is 6.10 Å². The molecule has 1 unspecified atom stereocenters. The molecule has 0 saturated heterocycles. The summed E-state index contributed by atoms with van der Waals surface area (Å²) in [7, 11) is 0. The van der Waals surface area contributed by atoms with E-state index in [0.29, 0.717) is 6.54 Å². The van der Waals surface area contributed by atoms with Crippen LogP contribution < -0.4 is 10.1 Å². The first-order valence-corrected chi connectivity index (χ1v) is 10.2. The number of ether oxygens (including phenoxy) is 1. The number of ketones is 1. The normalized spacial score (nSPS) is 28.2.